The average molecular weight is 533 g/mol. The van der Waals surface area contributed by atoms with Gasteiger partial charge in [-0.2, -0.15) is 5.10 Å². The van der Waals surface area contributed by atoms with Crippen LogP contribution in [0.2, 0.25) is 10.0 Å². The first-order valence-electron chi connectivity index (χ1n) is 10.2. The fourth-order valence-corrected chi connectivity index (χ4v) is 3.22. The van der Waals surface area contributed by atoms with E-state index < -0.39 is 23.5 Å². The second kappa shape index (κ2) is 12.5. The first kappa shape index (κ1) is 26.5. The van der Waals surface area contributed by atoms with Crippen LogP contribution in [0.25, 0.3) is 0 Å². The van der Waals surface area contributed by atoms with Crippen molar-refractivity contribution in [1.29, 1.82) is 0 Å². The van der Waals surface area contributed by atoms with Gasteiger partial charge in [0.15, 0.2) is 18.1 Å². The highest BCUT2D eigenvalue weighted by atomic mass is 35.5. The predicted octanol–water partition coefficient (Wildman–Crippen LogP) is 4.25. The van der Waals surface area contributed by atoms with E-state index in [1.807, 2.05) is 5.43 Å². The lowest BCUT2D eigenvalue weighted by molar-refractivity contribution is -0.136. The number of rotatable bonds is 8. The van der Waals surface area contributed by atoms with E-state index in [0.717, 1.165) is 6.07 Å². The Morgan fingerprint density at radius 3 is 2.44 bits per heavy atom. The topological polar surface area (TPSA) is 118 Å². The van der Waals surface area contributed by atoms with Crippen molar-refractivity contribution < 1.29 is 28.2 Å². The summed E-state index contributed by atoms with van der Waals surface area (Å²) in [6.07, 6.45) is 1.26. The van der Waals surface area contributed by atoms with Crippen molar-refractivity contribution >= 4 is 58.5 Å². The molecule has 3 amide bonds. The van der Waals surface area contributed by atoms with Gasteiger partial charge in [-0.15, -0.1) is 0 Å². The van der Waals surface area contributed by atoms with Gasteiger partial charge in [-0.3, -0.25) is 14.4 Å². The van der Waals surface area contributed by atoms with E-state index in [-0.39, 0.29) is 23.1 Å². The number of hydrazone groups is 1. The number of carbonyl (C=O) groups is 3. The van der Waals surface area contributed by atoms with E-state index in [4.69, 9.17) is 32.7 Å². The summed E-state index contributed by atoms with van der Waals surface area (Å²) in [5.74, 6) is -2.74. The molecule has 0 saturated carbocycles. The van der Waals surface area contributed by atoms with Crippen LogP contribution in [-0.2, 0) is 14.4 Å². The standard InChI is InChI=1S/C24H19Cl2FN4O5/c1-35-21-10-14(12-28-31-24(34)23(33)30-19-5-3-2-4-17(19)27)6-9-20(21)36-13-22(32)29-18-8-7-15(25)11-16(18)26/h2-12H,13H2,1H3,(H,29,32)(H,30,33)(H,31,34)/b28-12-. The number of nitrogens with zero attached hydrogens (tertiary/aromatic N) is 1. The van der Waals surface area contributed by atoms with Gasteiger partial charge in [-0.25, -0.2) is 9.82 Å². The summed E-state index contributed by atoms with van der Waals surface area (Å²) >= 11 is 11.9. The summed E-state index contributed by atoms with van der Waals surface area (Å²) in [5.41, 5.74) is 2.79. The average Bonchev–Trinajstić information content (AvgIpc) is 2.86. The Morgan fingerprint density at radius 1 is 0.944 bits per heavy atom. The minimum Gasteiger partial charge on any atom is -0.493 e. The first-order valence-corrected chi connectivity index (χ1v) is 11.0. The fourth-order valence-electron chi connectivity index (χ4n) is 2.76. The number of ether oxygens (including phenoxy) is 2. The zero-order valence-electron chi connectivity index (χ0n) is 18.7. The smallest absolute Gasteiger partial charge is 0.329 e. The van der Waals surface area contributed by atoms with Gasteiger partial charge in [0.25, 0.3) is 5.91 Å². The molecule has 0 aromatic heterocycles. The number of amides is 3. The second-order valence-corrected chi connectivity index (χ2v) is 7.85. The SMILES string of the molecule is COc1cc(/C=N\NC(=O)C(=O)Nc2ccccc2F)ccc1OCC(=O)Nc1ccc(Cl)cc1Cl. The Kier molecular flexibility index (Phi) is 9.20. The number of methoxy groups -OCH3 is 1. The summed E-state index contributed by atoms with van der Waals surface area (Å²) in [4.78, 5) is 36.0. The first-order chi connectivity index (χ1) is 17.3. The molecule has 0 unspecified atom stereocenters. The number of hydrogen-bond acceptors (Lipinski definition) is 6. The molecule has 12 heteroatoms. The molecule has 3 aromatic rings. The van der Waals surface area contributed by atoms with Crippen LogP contribution in [0.5, 0.6) is 11.5 Å². The van der Waals surface area contributed by atoms with Gasteiger partial charge in [0.2, 0.25) is 0 Å². The molecule has 0 radical (unpaired) electrons. The van der Waals surface area contributed by atoms with Gasteiger partial charge in [-0.1, -0.05) is 35.3 Å². The Hall–Kier alpha value is -4.15. The van der Waals surface area contributed by atoms with Gasteiger partial charge in [0.1, 0.15) is 5.82 Å². The van der Waals surface area contributed by atoms with Crippen LogP contribution in [0.3, 0.4) is 0 Å². The monoisotopic (exact) mass is 532 g/mol. The number of benzene rings is 3. The molecule has 3 aromatic carbocycles. The molecule has 0 aliphatic carbocycles. The Labute approximate surface area is 215 Å². The molecule has 3 rings (SSSR count). The van der Waals surface area contributed by atoms with Crippen molar-refractivity contribution in [2.45, 2.75) is 0 Å². The van der Waals surface area contributed by atoms with Crippen LogP contribution < -0.4 is 25.5 Å². The van der Waals surface area contributed by atoms with Crippen molar-refractivity contribution in [3.63, 3.8) is 0 Å². The van der Waals surface area contributed by atoms with Crippen LogP contribution in [0.1, 0.15) is 5.56 Å². The minimum absolute atomic E-state index is 0.133. The molecule has 9 nitrogen and oxygen atoms in total. The maximum Gasteiger partial charge on any atom is 0.329 e. The zero-order chi connectivity index (χ0) is 26.1. The van der Waals surface area contributed by atoms with Gasteiger partial charge in [0, 0.05) is 5.02 Å². The molecule has 0 heterocycles. The highest BCUT2D eigenvalue weighted by molar-refractivity contribution is 6.39. The second-order valence-electron chi connectivity index (χ2n) is 7.00. The summed E-state index contributed by atoms with van der Waals surface area (Å²) < 4.78 is 24.4. The number of nitrogens with one attached hydrogen (secondary N) is 3. The van der Waals surface area contributed by atoms with Crippen molar-refractivity contribution in [2.24, 2.45) is 5.10 Å². The third-order valence-electron chi connectivity index (χ3n) is 4.46. The lowest BCUT2D eigenvalue weighted by Gasteiger charge is -2.12. The molecule has 3 N–H and O–H groups in total. The van der Waals surface area contributed by atoms with E-state index in [9.17, 15) is 18.8 Å². The molecular formula is C24H19Cl2FN4O5. The largest absolute Gasteiger partial charge is 0.493 e. The van der Waals surface area contributed by atoms with Crippen LogP contribution in [0, 0.1) is 5.82 Å². The minimum atomic E-state index is -1.09. The number of hydrogen-bond donors (Lipinski definition) is 3. The normalized spacial score (nSPS) is 10.6. The summed E-state index contributed by atoms with van der Waals surface area (Å²) in [6, 6.07) is 14.7. The third-order valence-corrected chi connectivity index (χ3v) is 5.01. The van der Waals surface area contributed by atoms with Crippen LogP contribution in [-0.4, -0.2) is 37.7 Å². The van der Waals surface area contributed by atoms with E-state index in [1.54, 1.807) is 24.3 Å². The van der Waals surface area contributed by atoms with Crippen LogP contribution in [0.15, 0.2) is 65.8 Å². The Bertz CT molecular complexity index is 1320. The highest BCUT2D eigenvalue weighted by Gasteiger charge is 2.15. The van der Waals surface area contributed by atoms with E-state index in [1.165, 1.54) is 43.7 Å². The lowest BCUT2D eigenvalue weighted by Crippen LogP contribution is -2.32. The number of para-hydroxylation sites is 1. The molecule has 0 spiro atoms. The van der Waals surface area contributed by atoms with Gasteiger partial charge >= 0.3 is 11.8 Å². The molecule has 36 heavy (non-hydrogen) atoms. The molecule has 0 aliphatic heterocycles. The summed E-state index contributed by atoms with van der Waals surface area (Å²) in [5, 5.41) is 9.19. The van der Waals surface area contributed by atoms with Gasteiger partial charge < -0.3 is 20.1 Å². The molecule has 0 aliphatic rings. The van der Waals surface area contributed by atoms with E-state index in [2.05, 4.69) is 15.7 Å². The highest BCUT2D eigenvalue weighted by Crippen LogP contribution is 2.28. The summed E-state index contributed by atoms with van der Waals surface area (Å²) in [6.45, 7) is -0.323. The molecule has 186 valence electrons. The molecule has 0 atom stereocenters. The third kappa shape index (κ3) is 7.42. The van der Waals surface area contributed by atoms with Crippen LogP contribution in [0.4, 0.5) is 15.8 Å². The maximum absolute atomic E-state index is 13.6. The molecule has 0 fully saturated rings. The molecule has 0 saturated heterocycles. The molecule has 0 bridgehead atoms. The number of halogens is 3. The summed E-state index contributed by atoms with van der Waals surface area (Å²) in [7, 11) is 1.41. The Morgan fingerprint density at radius 2 is 1.72 bits per heavy atom. The fraction of sp³-hybridized carbons (Fsp3) is 0.0833. The van der Waals surface area contributed by atoms with Crippen molar-refractivity contribution in [1.82, 2.24) is 5.43 Å². The van der Waals surface area contributed by atoms with Crippen LogP contribution >= 0.6 is 23.2 Å². The quantitative estimate of drug-likeness (QED) is 0.227. The van der Waals surface area contributed by atoms with E-state index >= 15 is 0 Å². The zero-order valence-corrected chi connectivity index (χ0v) is 20.2. The number of anilines is 2. The molecular weight excluding hydrogens is 514 g/mol. The predicted molar refractivity (Wildman–Crippen MR) is 134 cm³/mol. The van der Waals surface area contributed by atoms with Crippen molar-refractivity contribution in [3.8, 4) is 11.5 Å². The van der Waals surface area contributed by atoms with Crippen molar-refractivity contribution in [3.05, 3.63) is 82.1 Å². The Balaban J connectivity index is 1.54. The van der Waals surface area contributed by atoms with Gasteiger partial charge in [-0.05, 0) is 54.1 Å². The number of carbonyl (C=O) groups excluding carboxylic acids is 3. The van der Waals surface area contributed by atoms with E-state index in [0.29, 0.717) is 22.0 Å². The maximum atomic E-state index is 13.6. The van der Waals surface area contributed by atoms with Gasteiger partial charge in [0.05, 0.1) is 29.7 Å². The lowest BCUT2D eigenvalue weighted by atomic mass is 10.2. The van der Waals surface area contributed by atoms with Crippen molar-refractivity contribution in [2.75, 3.05) is 24.4 Å².